The molecule has 0 fully saturated rings. The van der Waals surface area contributed by atoms with Gasteiger partial charge in [-0.3, -0.25) is 0 Å². The summed E-state index contributed by atoms with van der Waals surface area (Å²) in [6, 6.07) is 122. The van der Waals surface area contributed by atoms with E-state index in [0.29, 0.717) is 0 Å². The van der Waals surface area contributed by atoms with E-state index in [0.717, 1.165) is 155 Å². The SMILES string of the molecule is c1ccc(N2c3ccccc3N(c3cc(-c4ccc5oc6ccccc6c5c4)c4ccc5c(-n6c7ccccc7n(-c7ccccc7)c7cc8c(cc76)sc6cc7c9cccc%10cccc(c%11cccc(c68)c%117)c%109)cc(-c6ccc7oc8ccccc8c7c6)c6ccc3c4c65)c3ccccc32)cc1. The molecule has 5 heterocycles. The fourth-order valence-corrected chi connectivity index (χ4v) is 19.4. The first kappa shape index (κ1) is 55.4. The predicted molar refractivity (Wildman–Crippen MR) is 435 cm³/mol. The smallest absolute Gasteiger partial charge is 0.135 e. The van der Waals surface area contributed by atoms with E-state index in [2.05, 4.69) is 347 Å². The first-order valence-corrected chi connectivity index (χ1v) is 36.1. The highest BCUT2D eigenvalue weighted by Crippen LogP contribution is 2.58. The van der Waals surface area contributed by atoms with Crippen molar-refractivity contribution in [1.29, 1.82) is 0 Å². The maximum Gasteiger partial charge on any atom is 0.135 e. The molecular formula is C96H54N4O2S. The van der Waals surface area contributed by atoms with Gasteiger partial charge in [0.15, 0.2) is 0 Å². The Balaban J connectivity index is 0.861. The average Bonchev–Trinajstić information content (AvgIpc) is 1.68. The molecule has 103 heavy (non-hydrogen) atoms. The Morgan fingerprint density at radius 2 is 0.680 bits per heavy atom. The third-order valence-electron chi connectivity index (χ3n) is 22.5. The minimum atomic E-state index is 0.860. The van der Waals surface area contributed by atoms with Crippen LogP contribution in [0.3, 0.4) is 0 Å². The van der Waals surface area contributed by atoms with Gasteiger partial charge in [0.25, 0.3) is 0 Å². The van der Waals surface area contributed by atoms with Crippen LogP contribution in [0, 0.1) is 0 Å². The summed E-state index contributed by atoms with van der Waals surface area (Å²) in [5, 5.41) is 24.2. The monoisotopic (exact) mass is 1330 g/mol. The summed E-state index contributed by atoms with van der Waals surface area (Å²) in [5.41, 5.74) is 21.0. The zero-order valence-electron chi connectivity index (χ0n) is 55.2. The van der Waals surface area contributed by atoms with E-state index in [1.807, 2.05) is 11.3 Å². The number of hydrogen-bond acceptors (Lipinski definition) is 5. The maximum atomic E-state index is 6.62. The van der Waals surface area contributed by atoms with Gasteiger partial charge in [-0.15, -0.1) is 11.3 Å². The molecule has 1 aliphatic rings. The number of furan rings is 2. The largest absolute Gasteiger partial charge is 0.456 e. The molecule has 0 saturated carbocycles. The van der Waals surface area contributed by atoms with E-state index in [4.69, 9.17) is 8.83 Å². The minimum Gasteiger partial charge on any atom is -0.456 e. The molecular weight excluding hydrogens is 1270 g/mol. The Labute approximate surface area is 592 Å². The fraction of sp³-hybridized carbons (Fsp3) is 0. The highest BCUT2D eigenvalue weighted by Gasteiger charge is 2.34. The molecule has 0 amide bonds. The van der Waals surface area contributed by atoms with Crippen LogP contribution in [-0.4, -0.2) is 9.13 Å². The molecule has 23 aromatic rings. The van der Waals surface area contributed by atoms with Crippen molar-refractivity contribution in [3.63, 3.8) is 0 Å². The van der Waals surface area contributed by atoms with Crippen molar-refractivity contribution >= 4 is 207 Å². The van der Waals surface area contributed by atoms with E-state index >= 15 is 0 Å². The van der Waals surface area contributed by atoms with Crippen LogP contribution in [0.15, 0.2) is 336 Å². The van der Waals surface area contributed by atoms with Crippen LogP contribution in [0.4, 0.5) is 34.1 Å². The third-order valence-corrected chi connectivity index (χ3v) is 23.6. The molecule has 0 unspecified atom stereocenters. The van der Waals surface area contributed by atoms with Gasteiger partial charge in [-0.2, -0.15) is 0 Å². The van der Waals surface area contributed by atoms with Crippen LogP contribution in [0.2, 0.25) is 0 Å². The molecule has 24 rings (SSSR count). The second kappa shape index (κ2) is 20.6. The first-order chi connectivity index (χ1) is 51.1. The zero-order chi connectivity index (χ0) is 66.9. The van der Waals surface area contributed by atoms with Gasteiger partial charge < -0.3 is 27.8 Å². The lowest BCUT2D eigenvalue weighted by Gasteiger charge is -2.41. The topological polar surface area (TPSA) is 42.6 Å². The molecule has 4 aromatic heterocycles. The molecule has 0 radical (unpaired) electrons. The van der Waals surface area contributed by atoms with Gasteiger partial charge in [0, 0.05) is 74.6 Å². The summed E-state index contributed by atoms with van der Waals surface area (Å²) in [6.45, 7) is 0. The molecule has 0 aliphatic carbocycles. The molecule has 0 N–H and O–H groups in total. The number of thiophene rings is 1. The molecule has 0 saturated heterocycles. The number of benzene rings is 19. The fourth-order valence-electron chi connectivity index (χ4n) is 18.2. The lowest BCUT2D eigenvalue weighted by atomic mass is 9.85. The number of aromatic nitrogens is 2. The highest BCUT2D eigenvalue weighted by atomic mass is 32.1. The molecule has 476 valence electrons. The second-order valence-corrected chi connectivity index (χ2v) is 28.8. The molecule has 0 atom stereocenters. The molecule has 7 heteroatoms. The predicted octanol–water partition coefficient (Wildman–Crippen LogP) is 27.8. The van der Waals surface area contributed by atoms with Crippen molar-refractivity contribution in [3.8, 4) is 33.6 Å². The summed E-state index contributed by atoms with van der Waals surface area (Å²) in [7, 11) is 0. The van der Waals surface area contributed by atoms with Gasteiger partial charge in [0.2, 0.25) is 0 Å². The van der Waals surface area contributed by atoms with Gasteiger partial charge in [-0.25, -0.2) is 0 Å². The third kappa shape index (κ3) is 7.59. The van der Waals surface area contributed by atoms with Crippen LogP contribution < -0.4 is 9.80 Å². The van der Waals surface area contributed by atoms with Gasteiger partial charge in [0.1, 0.15) is 22.3 Å². The van der Waals surface area contributed by atoms with Crippen LogP contribution in [0.5, 0.6) is 0 Å². The van der Waals surface area contributed by atoms with Gasteiger partial charge in [-0.1, -0.05) is 200 Å². The minimum absolute atomic E-state index is 0.860. The van der Waals surface area contributed by atoms with Crippen molar-refractivity contribution in [3.05, 3.63) is 328 Å². The maximum absolute atomic E-state index is 6.62. The molecule has 19 aromatic carbocycles. The van der Waals surface area contributed by atoms with Crippen LogP contribution in [-0.2, 0) is 0 Å². The molecule has 0 bridgehead atoms. The zero-order valence-corrected chi connectivity index (χ0v) is 56.0. The Morgan fingerprint density at radius 3 is 1.31 bits per heavy atom. The molecule has 1 aliphatic heterocycles. The number of hydrogen-bond donors (Lipinski definition) is 0. The summed E-state index contributed by atoms with van der Waals surface area (Å²) in [4.78, 5) is 4.95. The lowest BCUT2D eigenvalue weighted by molar-refractivity contribution is 0.668. The van der Waals surface area contributed by atoms with Crippen molar-refractivity contribution in [2.75, 3.05) is 9.80 Å². The highest BCUT2D eigenvalue weighted by molar-refractivity contribution is 7.26. The van der Waals surface area contributed by atoms with Crippen LogP contribution in [0.1, 0.15) is 0 Å². The summed E-state index contributed by atoms with van der Waals surface area (Å²) >= 11 is 1.91. The van der Waals surface area contributed by atoms with Crippen molar-refractivity contribution < 1.29 is 8.83 Å². The number of fused-ring (bicyclic) bond motifs is 16. The van der Waals surface area contributed by atoms with Crippen LogP contribution >= 0.6 is 11.3 Å². The number of anilines is 6. The summed E-state index contributed by atoms with van der Waals surface area (Å²) in [5.74, 6) is 0. The Kier molecular flexibility index (Phi) is 11.1. The summed E-state index contributed by atoms with van der Waals surface area (Å²) in [6.07, 6.45) is 0. The molecule has 6 nitrogen and oxygen atoms in total. The summed E-state index contributed by atoms with van der Waals surface area (Å²) < 4.78 is 20.8. The standard InChI is InChI=1S/C96H54N4O2S/c1-3-22-58(23-4-1)97-76-32-9-12-35-79(76)99(80-36-13-10-33-77(80)97)82-50-70(56-40-46-88-72(48-56)60-26-7-15-38-86(60)101-88)65-43-45-68-83(51-71(66-42-44-67(82)95(65)96(66)68)57-41-47-89-73(49-57)61-27-8-16-39-87(61)102-89)100-81-37-14-11-34-78(81)98(59-24-5-2-6-25-59)84-52-75-90(54-85(84)100)103-91-53-74-64-29-18-21-55-20-17-28-62(92(55)64)63-30-19-31-69(93(63)74)94(75)91/h1-54H. The van der Waals surface area contributed by atoms with Gasteiger partial charge >= 0.3 is 0 Å². The van der Waals surface area contributed by atoms with Crippen LogP contribution in [0.25, 0.3) is 195 Å². The lowest BCUT2D eigenvalue weighted by Crippen LogP contribution is -2.24. The first-order valence-electron chi connectivity index (χ1n) is 35.3. The van der Waals surface area contributed by atoms with Crippen molar-refractivity contribution in [2.24, 2.45) is 0 Å². The van der Waals surface area contributed by atoms with E-state index in [9.17, 15) is 0 Å². The van der Waals surface area contributed by atoms with E-state index in [1.165, 1.54) is 74.0 Å². The molecule has 0 spiro atoms. The number of nitrogens with zero attached hydrogens (tertiary/aromatic N) is 4. The van der Waals surface area contributed by atoms with Gasteiger partial charge in [0.05, 0.1) is 56.2 Å². The Morgan fingerprint density at radius 1 is 0.214 bits per heavy atom. The van der Waals surface area contributed by atoms with Crippen molar-refractivity contribution in [1.82, 2.24) is 9.13 Å². The Bertz CT molecular complexity index is 7590. The Hall–Kier alpha value is -13.5. The normalized spacial score (nSPS) is 12.8. The van der Waals surface area contributed by atoms with E-state index in [-0.39, 0.29) is 0 Å². The van der Waals surface area contributed by atoms with E-state index < -0.39 is 0 Å². The van der Waals surface area contributed by atoms with Crippen molar-refractivity contribution in [2.45, 2.75) is 0 Å². The number of para-hydroxylation sites is 10. The van der Waals surface area contributed by atoms with E-state index in [1.54, 1.807) is 0 Å². The second-order valence-electron chi connectivity index (χ2n) is 27.7. The quantitative estimate of drug-likeness (QED) is 0.123. The number of rotatable bonds is 6. The average molecular weight is 1330 g/mol. The van der Waals surface area contributed by atoms with Gasteiger partial charge in [-0.05, 0) is 204 Å².